The Balaban J connectivity index is 1.60. The van der Waals surface area contributed by atoms with Crippen LogP contribution in [0.1, 0.15) is 19.3 Å². The molecule has 0 aliphatic carbocycles. The second kappa shape index (κ2) is 10.1. The molecule has 0 saturated carbocycles. The molecular weight excluding hydrogens is 370 g/mol. The van der Waals surface area contributed by atoms with Crippen molar-refractivity contribution in [1.82, 2.24) is 4.72 Å². The highest BCUT2D eigenvalue weighted by Gasteiger charge is 2.11. The van der Waals surface area contributed by atoms with Crippen molar-refractivity contribution in [3.05, 3.63) is 54.6 Å². The lowest BCUT2D eigenvalue weighted by molar-refractivity contribution is 0.305. The number of hydrogen-bond acceptors (Lipinski definition) is 4. The van der Waals surface area contributed by atoms with Gasteiger partial charge in [0.25, 0.3) is 0 Å². The molecule has 2 aromatic carbocycles. The molecule has 4 N–H and O–H groups in total. The third-order valence-electron chi connectivity index (χ3n) is 3.56. The first-order valence-corrected chi connectivity index (χ1v) is 10.2. The van der Waals surface area contributed by atoms with E-state index in [0.29, 0.717) is 13.2 Å². The number of nitrogens with two attached hydrogens (primary N) is 1. The molecule has 2 aromatic rings. The number of nitrogens with one attached hydrogen (secondary N) is 2. The largest absolute Gasteiger partial charge is 0.494 e. The lowest BCUT2D eigenvalue weighted by Gasteiger charge is -2.09. The van der Waals surface area contributed by atoms with Crippen molar-refractivity contribution in [2.75, 3.05) is 18.5 Å². The summed E-state index contributed by atoms with van der Waals surface area (Å²) in [7, 11) is -3.41. The van der Waals surface area contributed by atoms with Gasteiger partial charge in [-0.1, -0.05) is 18.2 Å². The smallest absolute Gasteiger partial charge is 0.240 e. The van der Waals surface area contributed by atoms with Gasteiger partial charge < -0.3 is 15.8 Å². The fourth-order valence-electron chi connectivity index (χ4n) is 2.26. The molecule has 0 aliphatic rings. The second-order valence-electron chi connectivity index (χ2n) is 5.63. The van der Waals surface area contributed by atoms with Gasteiger partial charge in [0, 0.05) is 12.2 Å². The lowest BCUT2D eigenvalue weighted by atomic mass is 10.2. The normalized spacial score (nSPS) is 11.1. The molecule has 0 aromatic heterocycles. The van der Waals surface area contributed by atoms with Gasteiger partial charge in [-0.15, -0.1) is 0 Å². The fraction of sp³-hybridized carbons (Fsp3) is 0.278. The quantitative estimate of drug-likeness (QED) is 0.425. The maximum absolute atomic E-state index is 12.0. The van der Waals surface area contributed by atoms with Crippen LogP contribution in [0.25, 0.3) is 0 Å². The summed E-state index contributed by atoms with van der Waals surface area (Å²) < 4.78 is 32.3. The number of unbranched alkanes of at least 4 members (excludes halogenated alkanes) is 2. The summed E-state index contributed by atoms with van der Waals surface area (Å²) in [6.45, 7) is 0.990. The average Bonchev–Trinajstić information content (AvgIpc) is 2.62. The summed E-state index contributed by atoms with van der Waals surface area (Å²) in [6.07, 6.45) is 2.48. The molecule has 0 spiro atoms. The standard InChI is InChI=1S/C18H23N3O3S2/c19-18(25)21-15-9-11-16(12-10-15)24-14-6-2-5-13-20-26(22,23)17-7-3-1-4-8-17/h1,3-4,7-12,20H,2,5-6,13-14H2,(H3,19,21,25). The Morgan fingerprint density at radius 3 is 2.35 bits per heavy atom. The molecule has 0 atom stereocenters. The predicted molar refractivity (Wildman–Crippen MR) is 108 cm³/mol. The highest BCUT2D eigenvalue weighted by Crippen LogP contribution is 2.16. The number of sulfonamides is 1. The minimum atomic E-state index is -3.41. The number of rotatable bonds is 10. The summed E-state index contributed by atoms with van der Waals surface area (Å²) in [5.41, 5.74) is 6.22. The van der Waals surface area contributed by atoms with Gasteiger partial charge in [0.1, 0.15) is 5.75 Å². The van der Waals surface area contributed by atoms with Crippen LogP contribution in [0.4, 0.5) is 5.69 Å². The van der Waals surface area contributed by atoms with E-state index in [9.17, 15) is 8.42 Å². The number of anilines is 1. The molecule has 6 nitrogen and oxygen atoms in total. The third kappa shape index (κ3) is 6.99. The Hall–Kier alpha value is -2.16. The Bertz CT molecular complexity index is 794. The lowest BCUT2D eigenvalue weighted by Crippen LogP contribution is -2.24. The van der Waals surface area contributed by atoms with Crippen molar-refractivity contribution in [2.24, 2.45) is 5.73 Å². The number of thiocarbonyl (C=S) groups is 1. The minimum absolute atomic E-state index is 0.224. The number of ether oxygens (including phenoxy) is 1. The van der Waals surface area contributed by atoms with Crippen LogP contribution in [0, 0.1) is 0 Å². The molecule has 26 heavy (non-hydrogen) atoms. The first-order valence-electron chi connectivity index (χ1n) is 8.31. The molecule has 0 radical (unpaired) electrons. The summed E-state index contributed by atoms with van der Waals surface area (Å²) >= 11 is 4.77. The zero-order valence-corrected chi connectivity index (χ0v) is 16.0. The van der Waals surface area contributed by atoms with Crippen LogP contribution < -0.4 is 20.5 Å². The molecule has 0 fully saturated rings. The van der Waals surface area contributed by atoms with Crippen molar-refractivity contribution in [3.8, 4) is 5.75 Å². The maximum Gasteiger partial charge on any atom is 0.240 e. The molecule has 0 amide bonds. The first-order chi connectivity index (χ1) is 12.5. The van der Waals surface area contributed by atoms with E-state index in [2.05, 4.69) is 10.0 Å². The number of hydrogen-bond donors (Lipinski definition) is 3. The molecule has 0 unspecified atom stereocenters. The van der Waals surface area contributed by atoms with Gasteiger partial charge in [0.15, 0.2) is 5.11 Å². The molecule has 0 aliphatic heterocycles. The number of benzene rings is 2. The van der Waals surface area contributed by atoms with Crippen LogP contribution in [0.15, 0.2) is 59.5 Å². The van der Waals surface area contributed by atoms with Crippen molar-refractivity contribution in [2.45, 2.75) is 24.2 Å². The van der Waals surface area contributed by atoms with Gasteiger partial charge in [-0.25, -0.2) is 13.1 Å². The van der Waals surface area contributed by atoms with Gasteiger partial charge in [0.2, 0.25) is 10.0 Å². The van der Waals surface area contributed by atoms with E-state index in [-0.39, 0.29) is 10.0 Å². The van der Waals surface area contributed by atoms with Crippen LogP contribution in [0.3, 0.4) is 0 Å². The maximum atomic E-state index is 12.0. The summed E-state index contributed by atoms with van der Waals surface area (Å²) in [5.74, 6) is 0.767. The first kappa shape index (κ1) is 20.2. The van der Waals surface area contributed by atoms with Crippen LogP contribution in [-0.2, 0) is 10.0 Å². The molecule has 0 heterocycles. The highest BCUT2D eigenvalue weighted by molar-refractivity contribution is 7.89. The zero-order valence-electron chi connectivity index (χ0n) is 14.4. The van der Waals surface area contributed by atoms with Crippen molar-refractivity contribution in [1.29, 1.82) is 0 Å². The van der Waals surface area contributed by atoms with E-state index < -0.39 is 10.0 Å². The van der Waals surface area contributed by atoms with E-state index in [0.717, 1.165) is 30.7 Å². The van der Waals surface area contributed by atoms with Crippen LogP contribution in [0.5, 0.6) is 5.75 Å². The van der Waals surface area contributed by atoms with Crippen molar-refractivity contribution in [3.63, 3.8) is 0 Å². The zero-order chi connectivity index (χ0) is 18.8. The van der Waals surface area contributed by atoms with E-state index in [1.54, 1.807) is 30.3 Å². The van der Waals surface area contributed by atoms with Crippen LogP contribution >= 0.6 is 12.2 Å². The van der Waals surface area contributed by atoms with Gasteiger partial charge in [0.05, 0.1) is 11.5 Å². The van der Waals surface area contributed by atoms with Crippen LogP contribution in [0.2, 0.25) is 0 Å². The molecule has 140 valence electrons. The summed E-state index contributed by atoms with van der Waals surface area (Å²) in [4.78, 5) is 0.289. The molecule has 0 bridgehead atoms. The molecule has 2 rings (SSSR count). The van der Waals surface area contributed by atoms with E-state index >= 15 is 0 Å². The predicted octanol–water partition coefficient (Wildman–Crippen LogP) is 2.87. The Labute approximate surface area is 159 Å². The average molecular weight is 394 g/mol. The highest BCUT2D eigenvalue weighted by atomic mass is 32.2. The summed E-state index contributed by atoms with van der Waals surface area (Å²) in [6, 6.07) is 15.7. The van der Waals surface area contributed by atoms with Gasteiger partial charge >= 0.3 is 0 Å². The molecular formula is C18H23N3O3S2. The monoisotopic (exact) mass is 393 g/mol. The topological polar surface area (TPSA) is 93.4 Å². The van der Waals surface area contributed by atoms with E-state index in [1.165, 1.54) is 0 Å². The SMILES string of the molecule is NC(=S)Nc1ccc(OCCCCCNS(=O)(=O)c2ccccc2)cc1. The van der Waals surface area contributed by atoms with E-state index in [1.807, 2.05) is 24.3 Å². The van der Waals surface area contributed by atoms with Crippen LogP contribution in [-0.4, -0.2) is 26.7 Å². The van der Waals surface area contributed by atoms with Gasteiger partial charge in [-0.3, -0.25) is 0 Å². The van der Waals surface area contributed by atoms with Gasteiger partial charge in [-0.2, -0.15) is 0 Å². The molecule has 8 heteroatoms. The van der Waals surface area contributed by atoms with Crippen molar-refractivity contribution >= 4 is 33.0 Å². The Morgan fingerprint density at radius 2 is 1.69 bits per heavy atom. The van der Waals surface area contributed by atoms with E-state index in [4.69, 9.17) is 22.7 Å². The van der Waals surface area contributed by atoms with Crippen molar-refractivity contribution < 1.29 is 13.2 Å². The minimum Gasteiger partial charge on any atom is -0.494 e. The third-order valence-corrected chi connectivity index (χ3v) is 5.14. The van der Waals surface area contributed by atoms with Gasteiger partial charge in [-0.05, 0) is 67.9 Å². The fourth-order valence-corrected chi connectivity index (χ4v) is 3.47. The Morgan fingerprint density at radius 1 is 1.00 bits per heavy atom. The summed E-state index contributed by atoms with van der Waals surface area (Å²) in [5, 5.41) is 3.07. The molecule has 0 saturated heterocycles. The Kier molecular flexibility index (Phi) is 7.83. The second-order valence-corrected chi connectivity index (χ2v) is 7.84.